The smallest absolute Gasteiger partial charge is 0.417 e. The first-order valence-corrected chi connectivity index (χ1v) is 27.8. The second-order valence-electron chi connectivity index (χ2n) is 26.4. The molecule has 5 amide bonds. The molecule has 13 heteroatoms. The van der Waals surface area contributed by atoms with Crippen molar-refractivity contribution in [3.63, 3.8) is 0 Å². The molecule has 18 atom stereocenters. The van der Waals surface area contributed by atoms with Gasteiger partial charge in [0.2, 0.25) is 11.8 Å². The number of aliphatic carboxylic acids is 1. The van der Waals surface area contributed by atoms with Crippen LogP contribution < -0.4 is 5.32 Å². The second-order valence-corrected chi connectivity index (χ2v) is 26.4. The molecule has 73 heavy (non-hydrogen) atoms. The summed E-state index contributed by atoms with van der Waals surface area (Å²) in [6, 6.07) is -0.230. The summed E-state index contributed by atoms with van der Waals surface area (Å²) in [5, 5.41) is 11.9. The minimum atomic E-state index is -0.854. The van der Waals surface area contributed by atoms with Gasteiger partial charge in [0.1, 0.15) is 16.8 Å². The van der Waals surface area contributed by atoms with E-state index in [0.717, 1.165) is 54.8 Å². The molecule has 398 valence electrons. The van der Waals surface area contributed by atoms with Crippen molar-refractivity contribution >= 4 is 36.1 Å². The lowest BCUT2D eigenvalue weighted by atomic mass is 9.80. The maximum atomic E-state index is 12.0. The Kier molecular flexibility index (Phi) is 15.0. The SMILES string of the molecule is C1=C[C@H]2CC[C@@H]1C2.C1=C[C@H]2CC[C@@H]1C2.C1=C[C@H]2CC[C@@H]1C2.CC(C)(C)OC(=O)N1C(=O)C2C1[C@H]1C=C[C@@H]2C1.CC(C)(C)OC(=O)N1C(=O)[C@@H]2[C@H]1[C@H]1C=C[C@@H]2C1.CC(C)(C)OC(=O)N[C@@H]1[C@H](C(=O)O)[C@@H]2C=C[C@H]1C2. The second kappa shape index (κ2) is 20.6. The number of hydrogen-bond donors (Lipinski definition) is 2. The molecule has 0 aromatic rings. The van der Waals surface area contributed by atoms with Crippen molar-refractivity contribution in [2.45, 2.75) is 174 Å². The molecule has 6 saturated carbocycles. The van der Waals surface area contributed by atoms with E-state index in [1.165, 1.54) is 67.6 Å². The molecule has 2 N–H and O–H groups in total. The minimum Gasteiger partial charge on any atom is -0.481 e. The Bertz CT molecular complexity index is 2140. The summed E-state index contributed by atoms with van der Waals surface area (Å²) in [5.41, 5.74) is -1.66. The van der Waals surface area contributed by atoms with E-state index in [2.05, 4.69) is 66.1 Å². The Morgan fingerprint density at radius 1 is 0.452 bits per heavy atom. The lowest BCUT2D eigenvalue weighted by Crippen LogP contribution is -2.65. The number of ether oxygens (including phenoxy) is 3. The number of carbonyl (C=O) groups is 6. The van der Waals surface area contributed by atoms with Gasteiger partial charge in [-0.3, -0.25) is 14.4 Å². The van der Waals surface area contributed by atoms with Gasteiger partial charge in [-0.1, -0.05) is 72.9 Å². The summed E-state index contributed by atoms with van der Waals surface area (Å²) in [4.78, 5) is 73.4. The Hall–Kier alpha value is -4.94. The van der Waals surface area contributed by atoms with Crippen LogP contribution in [0, 0.1) is 88.8 Å². The molecule has 14 rings (SSSR count). The molecule has 0 radical (unpaired) electrons. The topological polar surface area (TPSA) is 169 Å². The zero-order valence-corrected chi connectivity index (χ0v) is 44.8. The molecule has 0 aromatic heterocycles. The maximum Gasteiger partial charge on any atom is 0.417 e. The number of nitrogens with one attached hydrogen (secondary N) is 1. The normalized spacial score (nSPS) is 39.1. The fourth-order valence-corrected chi connectivity index (χ4v) is 14.4. The van der Waals surface area contributed by atoms with Crippen LogP contribution >= 0.6 is 0 Å². The first kappa shape index (κ1) is 52.9. The third-order valence-electron chi connectivity index (χ3n) is 17.6. The monoisotopic (exact) mass is 1010 g/mol. The third-order valence-corrected chi connectivity index (χ3v) is 17.6. The van der Waals surface area contributed by atoms with Crippen molar-refractivity contribution in [1.82, 2.24) is 15.1 Å². The molecule has 2 saturated heterocycles. The van der Waals surface area contributed by atoms with Crippen molar-refractivity contribution in [2.75, 3.05) is 0 Å². The number of carbonyl (C=O) groups excluding carboxylic acids is 5. The summed E-state index contributed by atoms with van der Waals surface area (Å²) < 4.78 is 15.7. The van der Waals surface area contributed by atoms with Crippen molar-refractivity contribution in [3.8, 4) is 0 Å². The van der Waals surface area contributed by atoms with Gasteiger partial charge in [0.05, 0.1) is 35.9 Å². The number of alkyl carbamates (subject to hydrolysis) is 1. The molecule has 13 nitrogen and oxygen atoms in total. The van der Waals surface area contributed by atoms with E-state index >= 15 is 0 Å². The van der Waals surface area contributed by atoms with E-state index < -0.39 is 47.0 Å². The van der Waals surface area contributed by atoms with Gasteiger partial charge in [0.25, 0.3) is 0 Å². The van der Waals surface area contributed by atoms with Crippen molar-refractivity contribution in [3.05, 3.63) is 72.9 Å². The van der Waals surface area contributed by atoms with Crippen LogP contribution in [0.4, 0.5) is 14.4 Å². The number of imide groups is 2. The van der Waals surface area contributed by atoms with Crippen LogP contribution in [-0.2, 0) is 28.6 Å². The number of allylic oxidation sites excluding steroid dienone is 9. The molecule has 12 bridgehead atoms. The van der Waals surface area contributed by atoms with Crippen LogP contribution in [0.15, 0.2) is 72.9 Å². The van der Waals surface area contributed by atoms with Gasteiger partial charge in [0.15, 0.2) is 0 Å². The van der Waals surface area contributed by atoms with Gasteiger partial charge < -0.3 is 24.6 Å². The van der Waals surface area contributed by atoms with Gasteiger partial charge in [-0.05, 0) is 210 Å². The molecule has 2 unspecified atom stereocenters. The highest BCUT2D eigenvalue weighted by Crippen LogP contribution is 2.54. The Labute approximate surface area is 433 Å². The predicted octanol–water partition coefficient (Wildman–Crippen LogP) is 11.6. The largest absolute Gasteiger partial charge is 0.481 e. The van der Waals surface area contributed by atoms with E-state index in [-0.39, 0.29) is 53.6 Å². The van der Waals surface area contributed by atoms with Crippen LogP contribution in [0.1, 0.15) is 139 Å². The van der Waals surface area contributed by atoms with Crippen molar-refractivity contribution < 1.29 is 48.1 Å². The van der Waals surface area contributed by atoms with E-state index in [9.17, 15) is 33.9 Å². The molecular weight excluding hydrogens is 923 g/mol. The molecule has 12 aliphatic carbocycles. The molecular formula is C60H83N3O10. The third kappa shape index (κ3) is 11.8. The number of likely N-dealkylation sites (tertiary alicyclic amines) is 2. The highest BCUT2D eigenvalue weighted by atomic mass is 16.6. The summed E-state index contributed by atoms with van der Waals surface area (Å²) in [6.07, 6.45) is 41.3. The standard InChI is InChI=1S/C13H19NO4.2C13H17NO3.3C7H10/c1-13(2,3)18-12(17)14-10-8-5-4-7(6-8)9(10)11(15)16;2*1-13(2,3)17-12(16)14-10-8-5-4-7(6-8)9(10)11(14)15;3*1-2-7-4-3-6(1)5-7/h4-5,7-10H,6H2,1-3H3,(H,14,17)(H,15,16);2*4-5,7-10H,6H2,1-3H3;3*1-2,6-7H,3-5H2/t7-,8+,9-,10+;7-,8+,9?,10?;7-,8+,9+,10-;3*6-,7+/m111.../s1. The fourth-order valence-electron chi connectivity index (χ4n) is 14.4. The molecule has 0 aromatic carbocycles. The lowest BCUT2D eigenvalue weighted by Gasteiger charge is -2.46. The lowest BCUT2D eigenvalue weighted by molar-refractivity contribution is -0.155. The zero-order valence-electron chi connectivity index (χ0n) is 44.8. The number of β-lactam (4-membered cyclic amide) rings is 2. The molecule has 2 heterocycles. The quantitative estimate of drug-likeness (QED) is 0.154. The van der Waals surface area contributed by atoms with Gasteiger partial charge in [-0.15, -0.1) is 0 Å². The molecule has 14 aliphatic rings. The number of carboxylic acid groups (broad SMARTS) is 1. The van der Waals surface area contributed by atoms with Gasteiger partial charge in [-0.25, -0.2) is 24.2 Å². The summed E-state index contributed by atoms with van der Waals surface area (Å²) in [5.74, 6) is 6.10. The Morgan fingerprint density at radius 2 is 0.767 bits per heavy atom. The van der Waals surface area contributed by atoms with Crippen LogP contribution in [0.2, 0.25) is 0 Å². The van der Waals surface area contributed by atoms with E-state index in [4.69, 9.17) is 14.2 Å². The molecule has 0 spiro atoms. The van der Waals surface area contributed by atoms with E-state index in [0.29, 0.717) is 23.7 Å². The number of nitrogens with zero attached hydrogens (tertiary/aromatic N) is 2. The first-order valence-electron chi connectivity index (χ1n) is 27.8. The summed E-state index contributed by atoms with van der Waals surface area (Å²) >= 11 is 0. The van der Waals surface area contributed by atoms with Crippen molar-refractivity contribution in [1.29, 1.82) is 0 Å². The predicted molar refractivity (Wildman–Crippen MR) is 277 cm³/mol. The van der Waals surface area contributed by atoms with Gasteiger partial charge >= 0.3 is 24.2 Å². The maximum absolute atomic E-state index is 12.0. The van der Waals surface area contributed by atoms with E-state index in [1.807, 2.05) is 53.7 Å². The molecule has 2 aliphatic heterocycles. The average Bonchev–Trinajstić information content (AvgIpc) is 4.13. The number of carboxylic acids is 1. The highest BCUT2D eigenvalue weighted by molar-refractivity contribution is 6.01. The Morgan fingerprint density at radius 3 is 1.07 bits per heavy atom. The number of fused-ring (bicyclic) bond motifs is 18. The van der Waals surface area contributed by atoms with E-state index in [1.54, 1.807) is 20.8 Å². The highest BCUT2D eigenvalue weighted by Gasteiger charge is 2.64. The number of amides is 5. The van der Waals surface area contributed by atoms with Crippen LogP contribution in [-0.4, -0.2) is 85.9 Å². The molecule has 8 fully saturated rings. The van der Waals surface area contributed by atoms with Gasteiger partial charge in [-0.2, -0.15) is 0 Å². The minimum absolute atomic E-state index is 0.0347. The Balaban J connectivity index is 0.000000112. The number of hydrogen-bond acceptors (Lipinski definition) is 9. The van der Waals surface area contributed by atoms with Crippen LogP contribution in [0.3, 0.4) is 0 Å². The average molecular weight is 1010 g/mol. The van der Waals surface area contributed by atoms with Crippen molar-refractivity contribution in [2.24, 2.45) is 88.8 Å². The van der Waals surface area contributed by atoms with Gasteiger partial charge in [0, 0.05) is 0 Å². The summed E-state index contributed by atoms with van der Waals surface area (Å²) in [6.45, 7) is 16.2. The van der Waals surface area contributed by atoms with Crippen LogP contribution in [0.5, 0.6) is 0 Å². The number of rotatable bonds is 2. The van der Waals surface area contributed by atoms with Crippen LogP contribution in [0.25, 0.3) is 0 Å². The summed E-state index contributed by atoms with van der Waals surface area (Å²) in [7, 11) is 0. The fraction of sp³-hybridized carbons (Fsp3) is 0.700. The zero-order chi connectivity index (χ0) is 52.3. The first-order chi connectivity index (χ1) is 34.4.